The third-order valence-corrected chi connectivity index (χ3v) is 5.57. The molecule has 1 atom stereocenters. The Labute approximate surface area is 181 Å². The number of para-hydroxylation sites is 1. The maximum atomic E-state index is 12.6. The van der Waals surface area contributed by atoms with Gasteiger partial charge >= 0.3 is 0 Å². The number of nitrogens with one attached hydrogen (secondary N) is 2. The van der Waals surface area contributed by atoms with E-state index in [1.165, 1.54) is 0 Å². The molecule has 1 aromatic heterocycles. The molecule has 0 aliphatic heterocycles. The van der Waals surface area contributed by atoms with Crippen LogP contribution in [0.3, 0.4) is 0 Å². The number of hydrogen-bond donors (Lipinski definition) is 2. The van der Waals surface area contributed by atoms with Crippen LogP contribution < -0.4 is 15.4 Å². The molecule has 3 aromatic rings. The summed E-state index contributed by atoms with van der Waals surface area (Å²) >= 11 is 1.62. The van der Waals surface area contributed by atoms with E-state index in [9.17, 15) is 9.59 Å². The molecule has 1 unspecified atom stereocenters. The molecule has 2 N–H and O–H groups in total. The van der Waals surface area contributed by atoms with Crippen LogP contribution in [0.15, 0.2) is 72.1 Å². The van der Waals surface area contributed by atoms with Gasteiger partial charge in [0.25, 0.3) is 11.8 Å². The molecule has 1 heterocycles. The zero-order valence-electron chi connectivity index (χ0n) is 17.1. The first-order valence-electron chi connectivity index (χ1n) is 9.91. The zero-order chi connectivity index (χ0) is 21.3. The molecule has 2 amide bonds. The SMILES string of the molecule is CC(C)C(NC(=O)COc1ccccc1C(=O)NCc1ccccc1)c1cccs1. The molecule has 0 spiro atoms. The van der Waals surface area contributed by atoms with Gasteiger partial charge < -0.3 is 15.4 Å². The first-order chi connectivity index (χ1) is 14.5. The lowest BCUT2D eigenvalue weighted by atomic mass is 10.0. The molecule has 30 heavy (non-hydrogen) atoms. The molecule has 0 saturated carbocycles. The molecule has 0 fully saturated rings. The Balaban J connectivity index is 1.59. The predicted molar refractivity (Wildman–Crippen MR) is 120 cm³/mol. The highest BCUT2D eigenvalue weighted by Gasteiger charge is 2.20. The van der Waals surface area contributed by atoms with Crippen molar-refractivity contribution in [2.75, 3.05) is 6.61 Å². The lowest BCUT2D eigenvalue weighted by Crippen LogP contribution is -2.35. The number of amides is 2. The van der Waals surface area contributed by atoms with Crippen molar-refractivity contribution in [1.82, 2.24) is 10.6 Å². The minimum atomic E-state index is -0.242. The molecule has 0 aliphatic carbocycles. The molecule has 6 heteroatoms. The Kier molecular flexibility index (Phi) is 7.63. The molecular formula is C24H26N2O3S. The van der Waals surface area contributed by atoms with Gasteiger partial charge in [-0.1, -0.05) is 62.4 Å². The average Bonchev–Trinajstić information content (AvgIpc) is 3.29. The van der Waals surface area contributed by atoms with Crippen LogP contribution in [0.5, 0.6) is 5.75 Å². The van der Waals surface area contributed by atoms with Crippen LogP contribution in [0, 0.1) is 5.92 Å². The average molecular weight is 423 g/mol. The van der Waals surface area contributed by atoms with Gasteiger partial charge in [-0.2, -0.15) is 0 Å². The lowest BCUT2D eigenvalue weighted by molar-refractivity contribution is -0.124. The van der Waals surface area contributed by atoms with Gasteiger partial charge in [-0.15, -0.1) is 11.3 Å². The molecule has 3 rings (SSSR count). The first-order valence-corrected chi connectivity index (χ1v) is 10.8. The van der Waals surface area contributed by atoms with Gasteiger partial charge in [-0.3, -0.25) is 9.59 Å². The smallest absolute Gasteiger partial charge is 0.258 e. The molecule has 5 nitrogen and oxygen atoms in total. The van der Waals surface area contributed by atoms with E-state index < -0.39 is 0 Å². The number of carbonyl (C=O) groups is 2. The maximum absolute atomic E-state index is 12.6. The predicted octanol–water partition coefficient (Wildman–Crippen LogP) is 4.57. The normalized spacial score (nSPS) is 11.7. The Bertz CT molecular complexity index is 956. The first kappa shape index (κ1) is 21.6. The second kappa shape index (κ2) is 10.6. The standard InChI is InChI=1S/C24H26N2O3S/c1-17(2)23(21-13-8-14-30-21)26-22(27)16-29-20-12-7-6-11-19(20)24(28)25-15-18-9-4-3-5-10-18/h3-14,17,23H,15-16H2,1-2H3,(H,25,28)(H,26,27). The van der Waals surface area contributed by atoms with Crippen molar-refractivity contribution in [3.63, 3.8) is 0 Å². The van der Waals surface area contributed by atoms with E-state index in [2.05, 4.69) is 24.5 Å². The fourth-order valence-corrected chi connectivity index (χ4v) is 4.00. The molecule has 0 radical (unpaired) electrons. The third-order valence-electron chi connectivity index (χ3n) is 4.62. The summed E-state index contributed by atoms with van der Waals surface area (Å²) in [4.78, 5) is 26.2. The Morgan fingerprint density at radius 3 is 2.40 bits per heavy atom. The third kappa shape index (κ3) is 5.94. The van der Waals surface area contributed by atoms with Gasteiger partial charge in [0.2, 0.25) is 0 Å². The fraction of sp³-hybridized carbons (Fsp3) is 0.250. The minimum absolute atomic E-state index is 0.0643. The van der Waals surface area contributed by atoms with Crippen molar-refractivity contribution in [2.45, 2.75) is 26.4 Å². The van der Waals surface area contributed by atoms with Crippen molar-refractivity contribution in [2.24, 2.45) is 5.92 Å². The van der Waals surface area contributed by atoms with Crippen LogP contribution in [0.4, 0.5) is 0 Å². The van der Waals surface area contributed by atoms with E-state index in [1.807, 2.05) is 47.8 Å². The summed E-state index contributed by atoms with van der Waals surface area (Å²) in [6.45, 7) is 4.40. The summed E-state index contributed by atoms with van der Waals surface area (Å²) in [6.07, 6.45) is 0. The van der Waals surface area contributed by atoms with Crippen molar-refractivity contribution < 1.29 is 14.3 Å². The summed E-state index contributed by atoms with van der Waals surface area (Å²) in [5.74, 6) is 0.175. The number of hydrogen-bond acceptors (Lipinski definition) is 4. The topological polar surface area (TPSA) is 67.4 Å². The number of thiophene rings is 1. The summed E-state index contributed by atoms with van der Waals surface area (Å²) in [5.41, 5.74) is 1.41. The molecule has 0 saturated heterocycles. The van der Waals surface area contributed by atoms with Crippen molar-refractivity contribution in [3.8, 4) is 5.75 Å². The molecule has 0 bridgehead atoms. The Hall–Kier alpha value is -3.12. The number of benzene rings is 2. The molecule has 0 aliphatic rings. The van der Waals surface area contributed by atoms with E-state index in [-0.39, 0.29) is 30.4 Å². The molecule has 2 aromatic carbocycles. The second-order valence-electron chi connectivity index (χ2n) is 7.26. The molecular weight excluding hydrogens is 396 g/mol. The van der Waals surface area contributed by atoms with Gasteiger partial charge in [-0.25, -0.2) is 0 Å². The summed E-state index contributed by atoms with van der Waals surface area (Å²) in [7, 11) is 0. The monoisotopic (exact) mass is 422 g/mol. The Morgan fingerprint density at radius 2 is 1.70 bits per heavy atom. The van der Waals surface area contributed by atoms with Crippen molar-refractivity contribution in [3.05, 3.63) is 88.1 Å². The summed E-state index contributed by atoms with van der Waals surface area (Å²) < 4.78 is 5.70. The second-order valence-corrected chi connectivity index (χ2v) is 8.24. The Morgan fingerprint density at radius 1 is 0.967 bits per heavy atom. The lowest BCUT2D eigenvalue weighted by Gasteiger charge is -2.21. The van der Waals surface area contributed by atoms with E-state index >= 15 is 0 Å². The van der Waals surface area contributed by atoms with Crippen molar-refractivity contribution in [1.29, 1.82) is 0 Å². The zero-order valence-corrected chi connectivity index (χ0v) is 17.9. The van der Waals surface area contributed by atoms with E-state index in [1.54, 1.807) is 35.6 Å². The maximum Gasteiger partial charge on any atom is 0.258 e. The number of ether oxygens (including phenoxy) is 1. The highest BCUT2D eigenvalue weighted by Crippen LogP contribution is 2.25. The van der Waals surface area contributed by atoms with Gasteiger partial charge in [0.1, 0.15) is 5.75 Å². The fourth-order valence-electron chi connectivity index (χ4n) is 3.05. The van der Waals surface area contributed by atoms with Gasteiger partial charge in [0.05, 0.1) is 11.6 Å². The van der Waals surface area contributed by atoms with Gasteiger partial charge in [0, 0.05) is 11.4 Å². The summed E-state index contributed by atoms with van der Waals surface area (Å²) in [5, 5.41) is 7.92. The quantitative estimate of drug-likeness (QED) is 0.531. The van der Waals surface area contributed by atoms with Gasteiger partial charge in [0.15, 0.2) is 6.61 Å². The minimum Gasteiger partial charge on any atom is -0.483 e. The van der Waals surface area contributed by atoms with Crippen LogP contribution in [0.1, 0.15) is 40.7 Å². The highest BCUT2D eigenvalue weighted by molar-refractivity contribution is 7.10. The highest BCUT2D eigenvalue weighted by atomic mass is 32.1. The largest absolute Gasteiger partial charge is 0.483 e. The van der Waals surface area contributed by atoms with Gasteiger partial charge in [-0.05, 0) is 35.1 Å². The van der Waals surface area contributed by atoms with Crippen LogP contribution in [-0.4, -0.2) is 18.4 Å². The summed E-state index contributed by atoms with van der Waals surface area (Å²) in [6, 6.07) is 20.6. The van der Waals surface area contributed by atoms with Crippen LogP contribution in [0.2, 0.25) is 0 Å². The van der Waals surface area contributed by atoms with E-state index in [4.69, 9.17) is 4.74 Å². The number of rotatable bonds is 9. The molecule has 156 valence electrons. The van der Waals surface area contributed by atoms with E-state index in [0.717, 1.165) is 10.4 Å². The van der Waals surface area contributed by atoms with Crippen molar-refractivity contribution >= 4 is 23.2 Å². The van der Waals surface area contributed by atoms with Crippen LogP contribution >= 0.6 is 11.3 Å². The van der Waals surface area contributed by atoms with E-state index in [0.29, 0.717) is 17.9 Å². The van der Waals surface area contributed by atoms with Crippen LogP contribution in [0.25, 0.3) is 0 Å². The number of carbonyl (C=O) groups excluding carboxylic acids is 2. The van der Waals surface area contributed by atoms with Crippen LogP contribution in [-0.2, 0) is 11.3 Å².